The first-order chi connectivity index (χ1) is 10.3. The topological polar surface area (TPSA) is 20.2 Å². The van der Waals surface area contributed by atoms with E-state index < -0.39 is 0 Å². The molecule has 0 saturated heterocycles. The van der Waals surface area contributed by atoms with Crippen LogP contribution in [0.15, 0.2) is 48.5 Å². The standard InChI is InChI=1S/C19H19ClO/c20-16-8-4-2-6-13(16)11-17(21)19-15-10-9-12-5-1-3-7-14(12)18(15)19/h1-8,15,17-19,21H,9-11H2. The fourth-order valence-corrected chi connectivity index (χ4v) is 4.38. The van der Waals surface area contributed by atoms with Gasteiger partial charge in [0, 0.05) is 11.4 Å². The van der Waals surface area contributed by atoms with E-state index in [2.05, 4.69) is 24.3 Å². The van der Waals surface area contributed by atoms with E-state index in [1.807, 2.05) is 24.3 Å². The third kappa shape index (κ3) is 2.29. The van der Waals surface area contributed by atoms with Gasteiger partial charge in [-0.2, -0.15) is 0 Å². The highest BCUT2D eigenvalue weighted by Crippen LogP contribution is 2.61. The van der Waals surface area contributed by atoms with Crippen molar-refractivity contribution in [3.8, 4) is 0 Å². The summed E-state index contributed by atoms with van der Waals surface area (Å²) >= 11 is 6.22. The molecule has 0 bridgehead atoms. The summed E-state index contributed by atoms with van der Waals surface area (Å²) in [5.41, 5.74) is 4.01. The second-order valence-corrected chi connectivity index (χ2v) is 6.77. The smallest absolute Gasteiger partial charge is 0.0618 e. The third-order valence-electron chi connectivity index (χ3n) is 5.22. The van der Waals surface area contributed by atoms with Crippen molar-refractivity contribution < 1.29 is 5.11 Å². The van der Waals surface area contributed by atoms with Crippen LogP contribution in [-0.2, 0) is 12.8 Å². The van der Waals surface area contributed by atoms with Gasteiger partial charge in [0.25, 0.3) is 0 Å². The highest BCUT2D eigenvalue weighted by Gasteiger charge is 2.55. The van der Waals surface area contributed by atoms with Crippen LogP contribution < -0.4 is 0 Å². The molecule has 2 aliphatic rings. The number of benzene rings is 2. The van der Waals surface area contributed by atoms with Gasteiger partial charge < -0.3 is 5.11 Å². The second-order valence-electron chi connectivity index (χ2n) is 6.37. The van der Waals surface area contributed by atoms with Gasteiger partial charge in [-0.15, -0.1) is 0 Å². The van der Waals surface area contributed by atoms with E-state index in [9.17, 15) is 5.11 Å². The highest BCUT2D eigenvalue weighted by atomic mass is 35.5. The van der Waals surface area contributed by atoms with E-state index in [-0.39, 0.29) is 6.10 Å². The van der Waals surface area contributed by atoms with Gasteiger partial charge in [0.1, 0.15) is 0 Å². The van der Waals surface area contributed by atoms with Crippen molar-refractivity contribution in [2.24, 2.45) is 11.8 Å². The first kappa shape index (κ1) is 13.4. The van der Waals surface area contributed by atoms with Crippen molar-refractivity contribution in [3.63, 3.8) is 0 Å². The molecule has 21 heavy (non-hydrogen) atoms. The molecule has 0 heterocycles. The van der Waals surface area contributed by atoms with Crippen molar-refractivity contribution in [1.29, 1.82) is 0 Å². The summed E-state index contributed by atoms with van der Waals surface area (Å²) in [6, 6.07) is 16.6. The lowest BCUT2D eigenvalue weighted by atomic mass is 9.92. The number of rotatable bonds is 3. The largest absolute Gasteiger partial charge is 0.392 e. The summed E-state index contributed by atoms with van der Waals surface area (Å²) in [4.78, 5) is 0. The van der Waals surface area contributed by atoms with Crippen molar-refractivity contribution >= 4 is 11.6 Å². The van der Waals surface area contributed by atoms with E-state index in [1.54, 1.807) is 0 Å². The molecule has 1 fully saturated rings. The van der Waals surface area contributed by atoms with E-state index in [0.717, 1.165) is 17.0 Å². The Balaban J connectivity index is 1.53. The Morgan fingerprint density at radius 3 is 2.71 bits per heavy atom. The first-order valence-electron chi connectivity index (χ1n) is 7.75. The fourth-order valence-electron chi connectivity index (χ4n) is 4.17. The normalized spacial score (nSPS) is 27.6. The fraction of sp³-hybridized carbons (Fsp3) is 0.368. The second kappa shape index (κ2) is 5.15. The van der Waals surface area contributed by atoms with Crippen LogP contribution in [-0.4, -0.2) is 11.2 Å². The van der Waals surface area contributed by atoms with Crippen LogP contribution in [0.2, 0.25) is 5.02 Å². The molecule has 0 radical (unpaired) electrons. The highest BCUT2D eigenvalue weighted by molar-refractivity contribution is 6.31. The van der Waals surface area contributed by atoms with Gasteiger partial charge >= 0.3 is 0 Å². The SMILES string of the molecule is OC(Cc1ccccc1Cl)C1C2CCc3ccccc3C21. The number of aliphatic hydroxyl groups excluding tert-OH is 1. The summed E-state index contributed by atoms with van der Waals surface area (Å²) in [5, 5.41) is 11.4. The van der Waals surface area contributed by atoms with Gasteiger partial charge in [0.2, 0.25) is 0 Å². The Hall–Kier alpha value is -1.31. The van der Waals surface area contributed by atoms with Crippen molar-refractivity contribution in [2.45, 2.75) is 31.3 Å². The van der Waals surface area contributed by atoms with Gasteiger partial charge in [-0.25, -0.2) is 0 Å². The van der Waals surface area contributed by atoms with Crippen LogP contribution in [0.5, 0.6) is 0 Å². The summed E-state index contributed by atoms with van der Waals surface area (Å²) < 4.78 is 0. The molecule has 4 atom stereocenters. The maximum absolute atomic E-state index is 10.7. The average Bonchev–Trinajstić information content (AvgIpc) is 3.24. The molecule has 4 rings (SSSR count). The van der Waals surface area contributed by atoms with E-state index in [1.165, 1.54) is 17.5 Å². The zero-order chi connectivity index (χ0) is 14.4. The van der Waals surface area contributed by atoms with Crippen molar-refractivity contribution in [1.82, 2.24) is 0 Å². The average molecular weight is 299 g/mol. The van der Waals surface area contributed by atoms with Crippen LogP contribution in [0.3, 0.4) is 0 Å². The van der Waals surface area contributed by atoms with E-state index >= 15 is 0 Å². The van der Waals surface area contributed by atoms with Crippen LogP contribution in [0.1, 0.15) is 29.0 Å². The molecule has 4 unspecified atom stereocenters. The first-order valence-corrected chi connectivity index (χ1v) is 8.13. The third-order valence-corrected chi connectivity index (χ3v) is 5.59. The maximum atomic E-state index is 10.7. The summed E-state index contributed by atoms with van der Waals surface area (Å²) in [6.45, 7) is 0. The van der Waals surface area contributed by atoms with Crippen LogP contribution >= 0.6 is 11.6 Å². The number of fused-ring (bicyclic) bond motifs is 3. The molecular weight excluding hydrogens is 280 g/mol. The number of hydrogen-bond donors (Lipinski definition) is 1. The summed E-state index contributed by atoms with van der Waals surface area (Å²) in [5.74, 6) is 1.63. The zero-order valence-corrected chi connectivity index (χ0v) is 12.6. The lowest BCUT2D eigenvalue weighted by Crippen LogP contribution is -2.15. The van der Waals surface area contributed by atoms with Crippen molar-refractivity contribution in [2.75, 3.05) is 0 Å². The molecule has 0 spiro atoms. The minimum atomic E-state index is -0.286. The Labute approximate surface area is 130 Å². The quantitative estimate of drug-likeness (QED) is 0.899. The lowest BCUT2D eigenvalue weighted by Gasteiger charge is -2.13. The van der Waals surface area contributed by atoms with Crippen LogP contribution in [0, 0.1) is 11.8 Å². The van der Waals surface area contributed by atoms with Gasteiger partial charge in [-0.1, -0.05) is 54.1 Å². The Morgan fingerprint density at radius 1 is 1.10 bits per heavy atom. The minimum Gasteiger partial charge on any atom is -0.392 e. The number of hydrogen-bond acceptors (Lipinski definition) is 1. The number of aryl methyl sites for hydroxylation is 1. The number of halogens is 1. The molecule has 108 valence electrons. The molecule has 2 aromatic carbocycles. The minimum absolute atomic E-state index is 0.286. The Bertz CT molecular complexity index is 666. The predicted molar refractivity (Wildman–Crippen MR) is 85.6 cm³/mol. The van der Waals surface area contributed by atoms with Crippen LogP contribution in [0.25, 0.3) is 0 Å². The Morgan fingerprint density at radius 2 is 1.86 bits per heavy atom. The molecule has 1 saturated carbocycles. The molecule has 1 nitrogen and oxygen atoms in total. The lowest BCUT2D eigenvalue weighted by molar-refractivity contribution is 0.143. The summed E-state index contributed by atoms with van der Waals surface area (Å²) in [6.07, 6.45) is 2.75. The summed E-state index contributed by atoms with van der Waals surface area (Å²) in [7, 11) is 0. The molecule has 0 aromatic heterocycles. The van der Waals surface area contributed by atoms with Gasteiger partial charge in [0.15, 0.2) is 0 Å². The molecule has 0 amide bonds. The monoisotopic (exact) mass is 298 g/mol. The number of aliphatic hydroxyl groups is 1. The van der Waals surface area contributed by atoms with Crippen molar-refractivity contribution in [3.05, 3.63) is 70.2 Å². The zero-order valence-electron chi connectivity index (χ0n) is 11.9. The molecule has 0 aliphatic heterocycles. The van der Waals surface area contributed by atoms with Crippen LogP contribution in [0.4, 0.5) is 0 Å². The van der Waals surface area contributed by atoms with Gasteiger partial charge in [-0.3, -0.25) is 0 Å². The molecule has 1 N–H and O–H groups in total. The van der Waals surface area contributed by atoms with Gasteiger partial charge in [-0.05, 0) is 53.4 Å². The molecule has 2 aliphatic carbocycles. The van der Waals surface area contributed by atoms with E-state index in [0.29, 0.717) is 24.2 Å². The van der Waals surface area contributed by atoms with Gasteiger partial charge in [0.05, 0.1) is 6.10 Å². The molecular formula is C19H19ClO. The molecule has 2 aromatic rings. The maximum Gasteiger partial charge on any atom is 0.0618 e. The molecule has 2 heteroatoms. The van der Waals surface area contributed by atoms with E-state index in [4.69, 9.17) is 11.6 Å². The predicted octanol–water partition coefficient (Wildman–Crippen LogP) is 4.22. The Kier molecular flexibility index (Phi) is 3.28.